The quantitative estimate of drug-likeness (QED) is 0.459. The number of rotatable bonds is 4. The molecule has 0 aliphatic rings. The molecule has 30 heavy (non-hydrogen) atoms. The Balaban J connectivity index is 1.46. The van der Waals surface area contributed by atoms with Crippen molar-refractivity contribution in [2.45, 2.75) is 13.5 Å². The van der Waals surface area contributed by atoms with Gasteiger partial charge in [-0.15, -0.1) is 0 Å². The lowest BCUT2D eigenvalue weighted by atomic mass is 10.1. The van der Waals surface area contributed by atoms with E-state index in [9.17, 15) is 9.18 Å². The smallest absolute Gasteiger partial charge is 0.277 e. The molecule has 3 heterocycles. The fourth-order valence-corrected chi connectivity index (χ4v) is 3.28. The first-order valence-electron chi connectivity index (χ1n) is 9.31. The third-order valence-corrected chi connectivity index (χ3v) is 4.79. The van der Waals surface area contributed by atoms with Crippen molar-refractivity contribution in [1.29, 1.82) is 0 Å². The molecule has 0 saturated carbocycles. The van der Waals surface area contributed by atoms with Crippen LogP contribution in [0.1, 0.15) is 11.5 Å². The van der Waals surface area contributed by atoms with E-state index in [0.717, 1.165) is 16.7 Å². The van der Waals surface area contributed by atoms with Gasteiger partial charge in [0.25, 0.3) is 5.56 Å². The van der Waals surface area contributed by atoms with Crippen LogP contribution in [-0.4, -0.2) is 24.3 Å². The zero-order valence-electron chi connectivity index (χ0n) is 16.0. The van der Waals surface area contributed by atoms with E-state index < -0.39 is 0 Å². The summed E-state index contributed by atoms with van der Waals surface area (Å²) in [6.07, 6.45) is 3.30. The Kier molecular flexibility index (Phi) is 4.24. The number of fused-ring (bicyclic) bond motifs is 1. The molecule has 0 bridgehead atoms. The highest BCUT2D eigenvalue weighted by Gasteiger charge is 2.13. The summed E-state index contributed by atoms with van der Waals surface area (Å²) in [5, 5.41) is 8.42. The molecule has 148 valence electrons. The number of aryl methyl sites for hydroxylation is 1. The van der Waals surface area contributed by atoms with Gasteiger partial charge < -0.3 is 9.09 Å². The Morgan fingerprint density at radius 2 is 1.87 bits per heavy atom. The van der Waals surface area contributed by atoms with Crippen molar-refractivity contribution >= 4 is 5.52 Å². The molecule has 0 fully saturated rings. The van der Waals surface area contributed by atoms with Crippen molar-refractivity contribution in [2.75, 3.05) is 0 Å². The second-order valence-electron chi connectivity index (χ2n) is 6.98. The van der Waals surface area contributed by atoms with Gasteiger partial charge in [0.2, 0.25) is 11.7 Å². The van der Waals surface area contributed by atoms with Crippen molar-refractivity contribution in [3.05, 3.63) is 94.6 Å². The number of hydrogen-bond donors (Lipinski definition) is 0. The maximum Gasteiger partial charge on any atom is 0.277 e. The van der Waals surface area contributed by atoms with Gasteiger partial charge in [-0.05, 0) is 43.3 Å². The number of benzene rings is 2. The molecule has 0 radical (unpaired) electrons. The van der Waals surface area contributed by atoms with Crippen LogP contribution in [0, 0.1) is 12.7 Å². The molecule has 7 nitrogen and oxygen atoms in total. The van der Waals surface area contributed by atoms with Crippen LogP contribution in [-0.2, 0) is 6.54 Å². The van der Waals surface area contributed by atoms with E-state index >= 15 is 0 Å². The molecule has 0 aliphatic carbocycles. The molecule has 5 aromatic rings. The van der Waals surface area contributed by atoms with E-state index in [-0.39, 0.29) is 17.9 Å². The van der Waals surface area contributed by atoms with Crippen LogP contribution in [0.15, 0.2) is 76.3 Å². The molecule has 0 amide bonds. The molecular weight excluding hydrogens is 385 g/mol. The molecular formula is C22H16FN5O2. The molecule has 2 aromatic carbocycles. The van der Waals surface area contributed by atoms with Gasteiger partial charge in [-0.2, -0.15) is 10.1 Å². The minimum atomic E-state index is -0.325. The normalized spacial score (nSPS) is 11.3. The predicted octanol–water partition coefficient (Wildman–Crippen LogP) is 3.71. The predicted molar refractivity (Wildman–Crippen MR) is 108 cm³/mol. The Bertz CT molecular complexity index is 1420. The van der Waals surface area contributed by atoms with Crippen LogP contribution in [0.25, 0.3) is 28.2 Å². The number of halogens is 1. The van der Waals surface area contributed by atoms with Gasteiger partial charge in [0.1, 0.15) is 17.9 Å². The summed E-state index contributed by atoms with van der Waals surface area (Å²) in [6, 6.07) is 15.4. The molecule has 0 atom stereocenters. The van der Waals surface area contributed by atoms with Gasteiger partial charge in [-0.1, -0.05) is 28.9 Å². The minimum Gasteiger partial charge on any atom is -0.337 e. The molecule has 5 rings (SSSR count). The second-order valence-corrected chi connectivity index (χ2v) is 6.98. The summed E-state index contributed by atoms with van der Waals surface area (Å²) in [7, 11) is 0. The van der Waals surface area contributed by atoms with Crippen molar-refractivity contribution in [2.24, 2.45) is 0 Å². The van der Waals surface area contributed by atoms with Gasteiger partial charge in [-0.3, -0.25) is 4.79 Å². The van der Waals surface area contributed by atoms with Gasteiger partial charge >= 0.3 is 0 Å². The van der Waals surface area contributed by atoms with Crippen LogP contribution in [0.2, 0.25) is 0 Å². The van der Waals surface area contributed by atoms with E-state index in [4.69, 9.17) is 4.52 Å². The first-order chi connectivity index (χ1) is 14.6. The maximum atomic E-state index is 13.2. The van der Waals surface area contributed by atoms with E-state index in [1.54, 1.807) is 30.6 Å². The highest BCUT2D eigenvalue weighted by atomic mass is 19.1. The monoisotopic (exact) mass is 401 g/mol. The molecule has 0 N–H and O–H groups in total. The zero-order valence-corrected chi connectivity index (χ0v) is 16.0. The van der Waals surface area contributed by atoms with Gasteiger partial charge in [0, 0.05) is 23.5 Å². The summed E-state index contributed by atoms with van der Waals surface area (Å²) in [4.78, 5) is 17.3. The van der Waals surface area contributed by atoms with E-state index in [1.807, 2.05) is 31.2 Å². The van der Waals surface area contributed by atoms with Crippen molar-refractivity contribution in [3.63, 3.8) is 0 Å². The average molecular weight is 401 g/mol. The fraction of sp³-hybridized carbons (Fsp3) is 0.0909. The van der Waals surface area contributed by atoms with Crippen LogP contribution >= 0.6 is 0 Å². The SMILES string of the molecule is Cc1cccc(-c2noc(Cn3ccn4nc(-c5ccc(F)cc5)cc4c3=O)n2)c1. The number of nitrogens with zero attached hydrogens (tertiary/aromatic N) is 5. The Labute approximate surface area is 170 Å². The van der Waals surface area contributed by atoms with Crippen molar-refractivity contribution in [3.8, 4) is 22.6 Å². The first kappa shape index (κ1) is 18.0. The fourth-order valence-electron chi connectivity index (χ4n) is 3.28. The zero-order chi connectivity index (χ0) is 20.7. The average Bonchev–Trinajstić information content (AvgIpc) is 3.38. The molecule has 0 unspecified atom stereocenters. The van der Waals surface area contributed by atoms with Crippen LogP contribution in [0.3, 0.4) is 0 Å². The molecule has 0 spiro atoms. The molecule has 8 heteroatoms. The molecule has 3 aromatic heterocycles. The number of aromatic nitrogens is 5. The maximum absolute atomic E-state index is 13.2. The van der Waals surface area contributed by atoms with E-state index in [2.05, 4.69) is 15.2 Å². The van der Waals surface area contributed by atoms with Crippen LogP contribution < -0.4 is 5.56 Å². The Morgan fingerprint density at radius 1 is 1.03 bits per heavy atom. The Morgan fingerprint density at radius 3 is 2.67 bits per heavy atom. The highest BCUT2D eigenvalue weighted by molar-refractivity contribution is 5.65. The van der Waals surface area contributed by atoms with Crippen LogP contribution in [0.4, 0.5) is 4.39 Å². The van der Waals surface area contributed by atoms with Gasteiger partial charge in [0.05, 0.1) is 5.69 Å². The standard InChI is InChI=1S/C22H16FN5O2/c1-14-3-2-4-16(11-14)21-24-20(30-26-21)13-27-9-10-28-19(22(27)29)12-18(25-28)15-5-7-17(23)8-6-15/h2-12H,13H2,1H3. The first-order valence-corrected chi connectivity index (χ1v) is 9.31. The summed E-state index contributed by atoms with van der Waals surface area (Å²) in [6.45, 7) is 2.14. The van der Waals surface area contributed by atoms with Crippen LogP contribution in [0.5, 0.6) is 0 Å². The summed E-state index contributed by atoms with van der Waals surface area (Å²) >= 11 is 0. The summed E-state index contributed by atoms with van der Waals surface area (Å²) in [5.74, 6) is 0.483. The highest BCUT2D eigenvalue weighted by Crippen LogP contribution is 2.19. The van der Waals surface area contributed by atoms with Gasteiger partial charge in [0.15, 0.2) is 0 Å². The lowest BCUT2D eigenvalue weighted by Gasteiger charge is -2.02. The molecule has 0 saturated heterocycles. The topological polar surface area (TPSA) is 78.2 Å². The lowest BCUT2D eigenvalue weighted by molar-refractivity contribution is 0.370. The van der Waals surface area contributed by atoms with Gasteiger partial charge in [-0.25, -0.2) is 8.91 Å². The summed E-state index contributed by atoms with van der Waals surface area (Å²) < 4.78 is 21.5. The number of hydrogen-bond acceptors (Lipinski definition) is 5. The molecule has 0 aliphatic heterocycles. The van der Waals surface area contributed by atoms with Crippen molar-refractivity contribution in [1.82, 2.24) is 24.3 Å². The van der Waals surface area contributed by atoms with Crippen molar-refractivity contribution < 1.29 is 8.91 Å². The summed E-state index contributed by atoms with van der Waals surface area (Å²) in [5.41, 5.74) is 3.42. The largest absolute Gasteiger partial charge is 0.337 e. The third-order valence-electron chi connectivity index (χ3n) is 4.79. The lowest BCUT2D eigenvalue weighted by Crippen LogP contribution is -2.21. The minimum absolute atomic E-state index is 0.144. The third kappa shape index (κ3) is 3.28. The van der Waals surface area contributed by atoms with E-state index in [0.29, 0.717) is 22.9 Å². The van der Waals surface area contributed by atoms with E-state index in [1.165, 1.54) is 21.2 Å². The second kappa shape index (κ2) is 7.07. The Hall–Kier alpha value is -4.07.